The molecule has 10 heteroatoms. The number of amides is 2. The summed E-state index contributed by atoms with van der Waals surface area (Å²) in [6.07, 6.45) is 0. The van der Waals surface area contributed by atoms with Gasteiger partial charge in [0.25, 0.3) is 17.3 Å². The van der Waals surface area contributed by atoms with Crippen LogP contribution in [0.25, 0.3) is 0 Å². The number of hydrogen-bond donors (Lipinski definition) is 2. The van der Waals surface area contributed by atoms with Gasteiger partial charge in [-0.2, -0.15) is 0 Å². The third kappa shape index (κ3) is 4.92. The van der Waals surface area contributed by atoms with E-state index in [0.717, 1.165) is 28.8 Å². The number of carbonyl (C=O) groups excluding carboxylic acids is 2. The standard InChI is InChI=1S/C19H20N4O6/c1-10-5-11(2)18(12(3)6-10)21-17(24)9-20-19(25)15-7-14(22(26)27)8-16(13(15)4)23(28)29/h5-8H,9H2,1-4H3,(H,20,25)(H,21,24). The van der Waals surface area contributed by atoms with Crippen LogP contribution >= 0.6 is 0 Å². The van der Waals surface area contributed by atoms with E-state index in [2.05, 4.69) is 10.6 Å². The maximum atomic E-state index is 12.4. The van der Waals surface area contributed by atoms with E-state index in [0.29, 0.717) is 5.69 Å². The maximum absolute atomic E-state index is 12.4. The SMILES string of the molecule is Cc1cc(C)c(NC(=O)CNC(=O)c2cc([N+](=O)[O-])cc([N+](=O)[O-])c2C)c(C)c1. The van der Waals surface area contributed by atoms with Crippen molar-refractivity contribution in [3.63, 3.8) is 0 Å². The fraction of sp³-hybridized carbons (Fsp3) is 0.263. The summed E-state index contributed by atoms with van der Waals surface area (Å²) in [6.45, 7) is 6.54. The highest BCUT2D eigenvalue weighted by molar-refractivity contribution is 6.01. The summed E-state index contributed by atoms with van der Waals surface area (Å²) >= 11 is 0. The molecule has 10 nitrogen and oxygen atoms in total. The average Bonchev–Trinajstić information content (AvgIpc) is 2.62. The topological polar surface area (TPSA) is 144 Å². The number of aryl methyl sites for hydroxylation is 3. The summed E-state index contributed by atoms with van der Waals surface area (Å²) in [5.74, 6) is -1.31. The molecule has 0 spiro atoms. The molecule has 29 heavy (non-hydrogen) atoms. The first-order chi connectivity index (χ1) is 13.5. The van der Waals surface area contributed by atoms with Crippen molar-refractivity contribution >= 4 is 28.9 Å². The van der Waals surface area contributed by atoms with Crippen molar-refractivity contribution in [2.75, 3.05) is 11.9 Å². The van der Waals surface area contributed by atoms with E-state index in [1.165, 1.54) is 6.92 Å². The van der Waals surface area contributed by atoms with Gasteiger partial charge in [-0.25, -0.2) is 0 Å². The number of hydrogen-bond acceptors (Lipinski definition) is 6. The lowest BCUT2D eigenvalue weighted by Gasteiger charge is -2.13. The van der Waals surface area contributed by atoms with Gasteiger partial charge >= 0.3 is 0 Å². The molecule has 0 atom stereocenters. The number of carbonyl (C=O) groups is 2. The van der Waals surface area contributed by atoms with E-state index in [1.807, 2.05) is 32.9 Å². The van der Waals surface area contributed by atoms with Gasteiger partial charge in [0.2, 0.25) is 5.91 Å². The Morgan fingerprint density at radius 3 is 2.03 bits per heavy atom. The van der Waals surface area contributed by atoms with Crippen LogP contribution in [0.15, 0.2) is 24.3 Å². The molecule has 0 saturated heterocycles. The molecule has 0 unspecified atom stereocenters. The molecule has 0 aliphatic heterocycles. The minimum atomic E-state index is -0.821. The molecule has 0 heterocycles. The second-order valence-corrected chi connectivity index (χ2v) is 6.66. The molecular weight excluding hydrogens is 380 g/mol. The summed E-state index contributed by atoms with van der Waals surface area (Å²) < 4.78 is 0. The fourth-order valence-corrected chi connectivity index (χ4v) is 3.03. The molecule has 152 valence electrons. The van der Waals surface area contributed by atoms with Crippen LogP contribution in [-0.4, -0.2) is 28.2 Å². The first-order valence-electron chi connectivity index (χ1n) is 8.60. The number of anilines is 1. The van der Waals surface area contributed by atoms with Crippen molar-refractivity contribution < 1.29 is 19.4 Å². The first kappa shape index (κ1) is 21.5. The molecule has 0 aliphatic carbocycles. The van der Waals surface area contributed by atoms with Gasteiger partial charge in [-0.15, -0.1) is 0 Å². The van der Waals surface area contributed by atoms with Crippen molar-refractivity contribution in [3.05, 3.63) is 72.3 Å². The highest BCUT2D eigenvalue weighted by Gasteiger charge is 2.25. The van der Waals surface area contributed by atoms with Gasteiger partial charge in [0, 0.05) is 17.3 Å². The largest absolute Gasteiger partial charge is 0.343 e. The third-order valence-corrected chi connectivity index (χ3v) is 4.37. The molecule has 0 saturated carbocycles. The molecule has 0 fully saturated rings. The molecule has 2 amide bonds. The van der Waals surface area contributed by atoms with Crippen LogP contribution in [0, 0.1) is 47.9 Å². The molecule has 0 aliphatic rings. The Bertz CT molecular complexity index is 1010. The van der Waals surface area contributed by atoms with Gasteiger partial charge in [-0.1, -0.05) is 17.7 Å². The average molecular weight is 400 g/mol. The van der Waals surface area contributed by atoms with Gasteiger partial charge in [-0.05, 0) is 38.8 Å². The maximum Gasteiger partial charge on any atom is 0.279 e. The number of nitro groups is 2. The first-order valence-corrected chi connectivity index (χ1v) is 8.60. The van der Waals surface area contributed by atoms with Gasteiger partial charge in [-0.3, -0.25) is 29.8 Å². The Labute approximate surface area is 166 Å². The van der Waals surface area contributed by atoms with Crippen LogP contribution in [0.5, 0.6) is 0 Å². The van der Waals surface area contributed by atoms with E-state index in [1.54, 1.807) is 0 Å². The normalized spacial score (nSPS) is 10.3. The minimum Gasteiger partial charge on any atom is -0.343 e. The number of benzene rings is 2. The molecule has 0 aromatic heterocycles. The van der Waals surface area contributed by atoms with E-state index < -0.39 is 39.6 Å². The van der Waals surface area contributed by atoms with Crippen LogP contribution in [-0.2, 0) is 4.79 Å². The highest BCUT2D eigenvalue weighted by atomic mass is 16.6. The van der Waals surface area contributed by atoms with Crippen molar-refractivity contribution in [2.24, 2.45) is 0 Å². The predicted octanol–water partition coefficient (Wildman–Crippen LogP) is 3.11. The van der Waals surface area contributed by atoms with Gasteiger partial charge in [0.05, 0.1) is 28.0 Å². The number of rotatable bonds is 6. The monoisotopic (exact) mass is 400 g/mol. The molecule has 2 aromatic carbocycles. The van der Waals surface area contributed by atoms with Crippen LogP contribution in [0.4, 0.5) is 17.1 Å². The summed E-state index contributed by atoms with van der Waals surface area (Å²) in [7, 11) is 0. The van der Waals surface area contributed by atoms with E-state index >= 15 is 0 Å². The zero-order valence-electron chi connectivity index (χ0n) is 16.4. The number of nitro benzene ring substituents is 2. The van der Waals surface area contributed by atoms with Crippen LogP contribution in [0.2, 0.25) is 0 Å². The highest BCUT2D eigenvalue weighted by Crippen LogP contribution is 2.28. The zero-order valence-corrected chi connectivity index (χ0v) is 16.4. The lowest BCUT2D eigenvalue weighted by atomic mass is 10.0. The molecule has 2 aromatic rings. The second-order valence-electron chi connectivity index (χ2n) is 6.66. The van der Waals surface area contributed by atoms with Crippen LogP contribution in [0.1, 0.15) is 32.6 Å². The lowest BCUT2D eigenvalue weighted by molar-refractivity contribution is -0.394. The molecule has 0 radical (unpaired) electrons. The quantitative estimate of drug-likeness (QED) is 0.563. The van der Waals surface area contributed by atoms with Crippen LogP contribution in [0.3, 0.4) is 0 Å². The Morgan fingerprint density at radius 2 is 1.52 bits per heavy atom. The van der Waals surface area contributed by atoms with Gasteiger partial charge < -0.3 is 10.6 Å². The van der Waals surface area contributed by atoms with Crippen molar-refractivity contribution in [1.29, 1.82) is 0 Å². The van der Waals surface area contributed by atoms with E-state index in [-0.39, 0.29) is 11.1 Å². The molecule has 2 rings (SSSR count). The Hall–Kier alpha value is -3.82. The number of nitrogens with one attached hydrogen (secondary N) is 2. The summed E-state index contributed by atoms with van der Waals surface area (Å²) in [5.41, 5.74) is 2.04. The fourth-order valence-electron chi connectivity index (χ4n) is 3.03. The van der Waals surface area contributed by atoms with Crippen molar-refractivity contribution in [3.8, 4) is 0 Å². The summed E-state index contributed by atoms with van der Waals surface area (Å²) in [5, 5.41) is 27.2. The summed E-state index contributed by atoms with van der Waals surface area (Å²) in [4.78, 5) is 45.1. The van der Waals surface area contributed by atoms with E-state index in [4.69, 9.17) is 0 Å². The number of nitrogens with zero attached hydrogens (tertiary/aromatic N) is 2. The Kier molecular flexibility index (Phi) is 6.27. The molecule has 0 bridgehead atoms. The minimum absolute atomic E-state index is 0.0243. The zero-order chi connectivity index (χ0) is 21.9. The third-order valence-electron chi connectivity index (χ3n) is 4.37. The predicted molar refractivity (Wildman–Crippen MR) is 106 cm³/mol. The van der Waals surface area contributed by atoms with Crippen LogP contribution < -0.4 is 10.6 Å². The van der Waals surface area contributed by atoms with Gasteiger partial charge in [0.1, 0.15) is 0 Å². The Morgan fingerprint density at radius 1 is 0.931 bits per heavy atom. The van der Waals surface area contributed by atoms with Crippen molar-refractivity contribution in [1.82, 2.24) is 5.32 Å². The second kappa shape index (κ2) is 8.46. The smallest absolute Gasteiger partial charge is 0.279 e. The van der Waals surface area contributed by atoms with E-state index in [9.17, 15) is 29.8 Å². The lowest BCUT2D eigenvalue weighted by Crippen LogP contribution is -2.33. The molecular formula is C19H20N4O6. The summed E-state index contributed by atoms with van der Waals surface area (Å²) in [6, 6.07) is 5.56. The molecule has 2 N–H and O–H groups in total. The van der Waals surface area contributed by atoms with Crippen molar-refractivity contribution in [2.45, 2.75) is 27.7 Å². The number of non-ortho nitro benzene ring substituents is 1. The van der Waals surface area contributed by atoms with Gasteiger partial charge in [0.15, 0.2) is 0 Å². The Balaban J connectivity index is 2.18.